The SMILES string of the molecule is Cc1cc(C(F)(F)F)c2nc(CC3CN(C(=O)CCCN)C3)[nH]c2c1. The molecule has 1 aromatic carbocycles. The van der Waals surface area contributed by atoms with Crippen molar-refractivity contribution in [1.29, 1.82) is 0 Å². The molecule has 1 aromatic heterocycles. The van der Waals surface area contributed by atoms with Crippen molar-refractivity contribution in [3.63, 3.8) is 0 Å². The molecule has 0 aliphatic carbocycles. The molecule has 136 valence electrons. The number of aromatic nitrogens is 2. The number of nitrogens with zero attached hydrogens (tertiary/aromatic N) is 2. The molecule has 25 heavy (non-hydrogen) atoms. The first-order valence-corrected chi connectivity index (χ1v) is 8.32. The maximum absolute atomic E-state index is 13.2. The Morgan fingerprint density at radius 1 is 1.40 bits per heavy atom. The van der Waals surface area contributed by atoms with Crippen LogP contribution in [-0.4, -0.2) is 40.4 Å². The van der Waals surface area contributed by atoms with Crippen LogP contribution in [0.25, 0.3) is 11.0 Å². The van der Waals surface area contributed by atoms with Gasteiger partial charge in [0.2, 0.25) is 5.91 Å². The summed E-state index contributed by atoms with van der Waals surface area (Å²) >= 11 is 0. The van der Waals surface area contributed by atoms with E-state index in [2.05, 4.69) is 9.97 Å². The lowest BCUT2D eigenvalue weighted by Gasteiger charge is -2.39. The van der Waals surface area contributed by atoms with Crippen molar-refractivity contribution in [2.75, 3.05) is 19.6 Å². The Kier molecular flexibility index (Phi) is 4.73. The predicted octanol–water partition coefficient (Wildman–Crippen LogP) is 2.63. The van der Waals surface area contributed by atoms with Crippen molar-refractivity contribution in [3.8, 4) is 0 Å². The van der Waals surface area contributed by atoms with Crippen molar-refractivity contribution in [2.24, 2.45) is 11.7 Å². The highest BCUT2D eigenvalue weighted by molar-refractivity contribution is 5.80. The molecular formula is C17H21F3N4O. The molecule has 5 nitrogen and oxygen atoms in total. The maximum atomic E-state index is 13.2. The number of carbonyl (C=O) groups excluding carboxylic acids is 1. The summed E-state index contributed by atoms with van der Waals surface area (Å²) in [6.45, 7) is 3.35. The van der Waals surface area contributed by atoms with Gasteiger partial charge in [-0.15, -0.1) is 0 Å². The number of fused-ring (bicyclic) bond motifs is 1. The van der Waals surface area contributed by atoms with Gasteiger partial charge in [0.25, 0.3) is 0 Å². The number of hydrogen-bond donors (Lipinski definition) is 2. The summed E-state index contributed by atoms with van der Waals surface area (Å²) < 4.78 is 39.5. The molecule has 0 radical (unpaired) electrons. The number of nitrogens with one attached hydrogen (secondary N) is 1. The molecule has 3 rings (SSSR count). The van der Waals surface area contributed by atoms with E-state index in [9.17, 15) is 18.0 Å². The van der Waals surface area contributed by atoms with Gasteiger partial charge in [-0.25, -0.2) is 4.98 Å². The second-order valence-electron chi connectivity index (χ2n) is 6.65. The first kappa shape index (κ1) is 17.7. The third-order valence-corrected chi connectivity index (χ3v) is 4.47. The first-order valence-electron chi connectivity index (χ1n) is 8.32. The first-order chi connectivity index (χ1) is 11.8. The minimum Gasteiger partial charge on any atom is -0.342 e. The molecule has 8 heteroatoms. The number of benzene rings is 1. The summed E-state index contributed by atoms with van der Waals surface area (Å²) in [6, 6.07) is 2.79. The van der Waals surface area contributed by atoms with Crippen LogP contribution in [0.15, 0.2) is 12.1 Å². The van der Waals surface area contributed by atoms with Crippen molar-refractivity contribution < 1.29 is 18.0 Å². The number of carbonyl (C=O) groups is 1. The van der Waals surface area contributed by atoms with Gasteiger partial charge in [-0.3, -0.25) is 4.79 Å². The monoisotopic (exact) mass is 354 g/mol. The Hall–Kier alpha value is -2.09. The minimum absolute atomic E-state index is 0.0386. The number of likely N-dealkylation sites (tertiary alicyclic amines) is 1. The van der Waals surface area contributed by atoms with Crippen molar-refractivity contribution >= 4 is 16.9 Å². The van der Waals surface area contributed by atoms with E-state index in [1.807, 2.05) is 0 Å². The van der Waals surface area contributed by atoms with Crippen LogP contribution in [0.1, 0.15) is 29.8 Å². The molecule has 0 unspecified atom stereocenters. The second kappa shape index (κ2) is 6.67. The van der Waals surface area contributed by atoms with E-state index in [4.69, 9.17) is 5.73 Å². The fourth-order valence-electron chi connectivity index (χ4n) is 3.21. The lowest BCUT2D eigenvalue weighted by atomic mass is 9.95. The quantitative estimate of drug-likeness (QED) is 0.867. The van der Waals surface area contributed by atoms with Crippen LogP contribution in [0.3, 0.4) is 0 Å². The normalized spacial score (nSPS) is 15.6. The van der Waals surface area contributed by atoms with E-state index >= 15 is 0 Å². The topological polar surface area (TPSA) is 75.0 Å². The van der Waals surface area contributed by atoms with Crippen molar-refractivity contribution in [1.82, 2.24) is 14.9 Å². The molecule has 2 aromatic rings. The summed E-state index contributed by atoms with van der Waals surface area (Å²) in [7, 11) is 0. The van der Waals surface area contributed by atoms with Gasteiger partial charge in [-0.2, -0.15) is 13.2 Å². The van der Waals surface area contributed by atoms with Crippen LogP contribution < -0.4 is 5.73 Å². The minimum atomic E-state index is -4.43. The van der Waals surface area contributed by atoms with E-state index in [1.165, 1.54) is 0 Å². The van der Waals surface area contributed by atoms with Gasteiger partial charge in [0, 0.05) is 31.8 Å². The summed E-state index contributed by atoms with van der Waals surface area (Å²) in [4.78, 5) is 20.8. The number of hydrogen-bond acceptors (Lipinski definition) is 3. The maximum Gasteiger partial charge on any atom is 0.418 e. The molecule has 3 N–H and O–H groups in total. The smallest absolute Gasteiger partial charge is 0.342 e. The van der Waals surface area contributed by atoms with Gasteiger partial charge in [-0.1, -0.05) is 0 Å². The average Bonchev–Trinajstić information content (AvgIpc) is 2.88. The number of aromatic amines is 1. The Bertz CT molecular complexity index is 778. The highest BCUT2D eigenvalue weighted by atomic mass is 19.4. The van der Waals surface area contributed by atoms with Gasteiger partial charge in [0.1, 0.15) is 11.3 Å². The zero-order valence-electron chi connectivity index (χ0n) is 14.0. The molecular weight excluding hydrogens is 333 g/mol. The fraction of sp³-hybridized carbons (Fsp3) is 0.529. The molecule has 1 saturated heterocycles. The summed E-state index contributed by atoms with van der Waals surface area (Å²) in [5.74, 6) is 0.837. The highest BCUT2D eigenvalue weighted by Gasteiger charge is 2.35. The van der Waals surface area contributed by atoms with E-state index < -0.39 is 11.7 Å². The predicted molar refractivity (Wildman–Crippen MR) is 87.9 cm³/mol. The zero-order chi connectivity index (χ0) is 18.2. The second-order valence-corrected chi connectivity index (χ2v) is 6.65. The van der Waals surface area contributed by atoms with Crippen LogP contribution in [0.2, 0.25) is 0 Å². The fourth-order valence-corrected chi connectivity index (χ4v) is 3.21. The summed E-state index contributed by atoms with van der Waals surface area (Å²) in [6.07, 6.45) is -2.78. The number of imidazole rings is 1. The number of halogens is 3. The average molecular weight is 354 g/mol. The molecule has 0 saturated carbocycles. The van der Waals surface area contributed by atoms with Crippen molar-refractivity contribution in [3.05, 3.63) is 29.1 Å². The molecule has 1 aliphatic rings. The van der Waals surface area contributed by atoms with Gasteiger partial charge < -0.3 is 15.6 Å². The van der Waals surface area contributed by atoms with E-state index in [1.54, 1.807) is 17.9 Å². The Morgan fingerprint density at radius 3 is 2.76 bits per heavy atom. The van der Waals surface area contributed by atoms with Gasteiger partial charge in [0.15, 0.2) is 0 Å². The van der Waals surface area contributed by atoms with E-state index in [-0.39, 0.29) is 17.3 Å². The molecule has 0 spiro atoms. The van der Waals surface area contributed by atoms with Crippen LogP contribution in [0, 0.1) is 12.8 Å². The van der Waals surface area contributed by atoms with E-state index in [0.717, 1.165) is 6.07 Å². The Morgan fingerprint density at radius 2 is 2.12 bits per heavy atom. The van der Waals surface area contributed by atoms with E-state index in [0.29, 0.717) is 55.8 Å². The Labute approximate surface area is 143 Å². The van der Waals surface area contributed by atoms with Crippen LogP contribution in [0.5, 0.6) is 0 Å². The zero-order valence-corrected chi connectivity index (χ0v) is 14.0. The third-order valence-electron chi connectivity index (χ3n) is 4.47. The number of alkyl halides is 3. The largest absolute Gasteiger partial charge is 0.418 e. The highest BCUT2D eigenvalue weighted by Crippen LogP contribution is 2.35. The van der Waals surface area contributed by atoms with Gasteiger partial charge in [-0.05, 0) is 37.6 Å². The number of H-pyrrole nitrogens is 1. The van der Waals surface area contributed by atoms with Crippen LogP contribution in [0.4, 0.5) is 13.2 Å². The summed E-state index contributed by atoms with van der Waals surface area (Å²) in [5.41, 5.74) is 5.58. The number of aryl methyl sites for hydroxylation is 1. The molecule has 1 amide bonds. The lowest BCUT2D eigenvalue weighted by Crippen LogP contribution is -2.50. The molecule has 1 aliphatic heterocycles. The van der Waals surface area contributed by atoms with Gasteiger partial charge >= 0.3 is 6.18 Å². The molecule has 2 heterocycles. The number of nitrogens with two attached hydrogens (primary N) is 1. The number of rotatable bonds is 5. The molecule has 1 fully saturated rings. The Balaban J connectivity index is 1.69. The van der Waals surface area contributed by atoms with Crippen LogP contribution in [-0.2, 0) is 17.4 Å². The third kappa shape index (κ3) is 3.78. The lowest BCUT2D eigenvalue weighted by molar-refractivity contribution is -0.138. The van der Waals surface area contributed by atoms with Crippen LogP contribution >= 0.6 is 0 Å². The van der Waals surface area contributed by atoms with Gasteiger partial charge in [0.05, 0.1) is 11.1 Å². The standard InChI is InChI=1S/C17H21F3N4O/c1-10-5-12(17(18,19)20)16-13(6-10)22-14(23-16)7-11-8-24(9-11)15(25)3-2-4-21/h5-6,11H,2-4,7-9,21H2,1H3,(H,22,23). The van der Waals surface area contributed by atoms with Crippen molar-refractivity contribution in [2.45, 2.75) is 32.4 Å². The molecule has 0 bridgehead atoms. The summed E-state index contributed by atoms with van der Waals surface area (Å²) in [5, 5.41) is 0. The molecule has 0 atom stereocenters. The number of amides is 1.